The monoisotopic (exact) mass is 912 g/mol. The van der Waals surface area contributed by atoms with Gasteiger partial charge < -0.3 is 0 Å². The summed E-state index contributed by atoms with van der Waals surface area (Å²) in [6, 6.07) is 97.9. The summed E-state index contributed by atoms with van der Waals surface area (Å²) in [4.78, 5) is 0. The molecule has 0 atom stereocenters. The summed E-state index contributed by atoms with van der Waals surface area (Å²) in [6.07, 6.45) is 8.85. The van der Waals surface area contributed by atoms with Gasteiger partial charge in [-0.05, 0) is 162 Å². The van der Waals surface area contributed by atoms with E-state index in [1.807, 2.05) is 0 Å². The van der Waals surface area contributed by atoms with Gasteiger partial charge in [-0.15, -0.1) is 0 Å². The van der Waals surface area contributed by atoms with Crippen molar-refractivity contribution in [2.24, 2.45) is 0 Å². The smallest absolute Gasteiger partial charge is 0.00141 e. The minimum Gasteiger partial charge on any atom is -0.0616 e. The SMILES string of the molecule is C(=Cc1ccc2ccccc2c1)c1cccc(-c2ccc(-c3c4ccccc4c(-c4ccc(-c5cccc(C=Cc6ccc7ccccc7c6)c5)cc4)c4c(-c5ccc6ccccc6c5)cccc34)cc2)c1. The largest absolute Gasteiger partial charge is 0.0616 e. The van der Waals surface area contributed by atoms with Gasteiger partial charge in [0.2, 0.25) is 0 Å². The predicted octanol–water partition coefficient (Wildman–Crippen LogP) is 20.1. The Morgan fingerprint density at radius 2 is 0.569 bits per heavy atom. The maximum Gasteiger partial charge on any atom is -0.00141 e. The summed E-state index contributed by atoms with van der Waals surface area (Å²) in [6.45, 7) is 0. The molecule has 0 heteroatoms. The van der Waals surface area contributed by atoms with Crippen molar-refractivity contribution in [1.29, 1.82) is 0 Å². The normalized spacial score (nSPS) is 11.8. The van der Waals surface area contributed by atoms with E-state index in [-0.39, 0.29) is 0 Å². The quantitative estimate of drug-likeness (QED) is 0.1000. The summed E-state index contributed by atoms with van der Waals surface area (Å²) >= 11 is 0. The zero-order valence-corrected chi connectivity index (χ0v) is 39.7. The average Bonchev–Trinajstić information content (AvgIpc) is 3.45. The zero-order valence-electron chi connectivity index (χ0n) is 39.7. The van der Waals surface area contributed by atoms with Gasteiger partial charge in [0, 0.05) is 0 Å². The Hall–Kier alpha value is -9.36. The molecule has 336 valence electrons. The van der Waals surface area contributed by atoms with Crippen LogP contribution in [0.5, 0.6) is 0 Å². The van der Waals surface area contributed by atoms with Crippen LogP contribution in [0.1, 0.15) is 22.3 Å². The van der Waals surface area contributed by atoms with Crippen LogP contribution in [0.3, 0.4) is 0 Å². The molecule has 0 aliphatic heterocycles. The Balaban J connectivity index is 0.891. The highest BCUT2D eigenvalue weighted by atomic mass is 14.2. The fraction of sp³-hybridized carbons (Fsp3) is 0. The second kappa shape index (κ2) is 18.5. The molecule has 0 fully saturated rings. The lowest BCUT2D eigenvalue weighted by Crippen LogP contribution is -1.93. The third-order valence-electron chi connectivity index (χ3n) is 14.4. The van der Waals surface area contributed by atoms with Crippen LogP contribution in [0.25, 0.3) is 134 Å². The molecule has 0 nitrogen and oxygen atoms in total. The fourth-order valence-electron chi connectivity index (χ4n) is 10.7. The molecule has 0 amide bonds. The molecule has 13 aromatic rings. The van der Waals surface area contributed by atoms with E-state index in [4.69, 9.17) is 0 Å². The molecule has 0 N–H and O–H groups in total. The van der Waals surface area contributed by atoms with Crippen molar-refractivity contribution >= 4 is 78.2 Å². The first-order valence-electron chi connectivity index (χ1n) is 24.9. The lowest BCUT2D eigenvalue weighted by molar-refractivity contribution is 1.59. The van der Waals surface area contributed by atoms with E-state index >= 15 is 0 Å². The van der Waals surface area contributed by atoms with Crippen molar-refractivity contribution in [3.63, 3.8) is 0 Å². The van der Waals surface area contributed by atoms with Crippen LogP contribution in [0.15, 0.2) is 267 Å². The third-order valence-corrected chi connectivity index (χ3v) is 14.4. The van der Waals surface area contributed by atoms with E-state index in [1.54, 1.807) is 0 Å². The zero-order chi connectivity index (χ0) is 47.8. The highest BCUT2D eigenvalue weighted by Crippen LogP contribution is 2.48. The van der Waals surface area contributed by atoms with E-state index in [2.05, 4.69) is 291 Å². The first-order chi connectivity index (χ1) is 35.6. The molecule has 0 spiro atoms. The first-order valence-corrected chi connectivity index (χ1v) is 24.9. The standard InChI is InChI=1S/C72H48/c1-4-17-60-46-51(30-32-53(60)14-1)28-26-49-12-9-20-62(44-49)56-34-39-58(40-35-56)70-67-22-7-8-23-68(67)71(72-66(24-11-25-69(70)72)65-43-38-55-16-3-6-19-64(55)48-65)59-41-36-57(37-42-59)63-21-10-13-50(45-63)27-29-52-31-33-54-15-2-5-18-61(54)47-52/h1-48H. The van der Waals surface area contributed by atoms with Crippen molar-refractivity contribution in [3.8, 4) is 55.6 Å². The van der Waals surface area contributed by atoms with E-state index in [1.165, 1.54) is 132 Å². The molecular weight excluding hydrogens is 865 g/mol. The summed E-state index contributed by atoms with van der Waals surface area (Å²) in [5.74, 6) is 0. The molecule has 0 bridgehead atoms. The van der Waals surface area contributed by atoms with E-state index in [0.717, 1.165) is 0 Å². The first kappa shape index (κ1) is 42.7. The fourth-order valence-corrected chi connectivity index (χ4v) is 10.7. The molecule has 13 aromatic carbocycles. The molecule has 0 radical (unpaired) electrons. The molecule has 0 saturated carbocycles. The van der Waals surface area contributed by atoms with Crippen LogP contribution < -0.4 is 0 Å². The Morgan fingerprint density at radius 3 is 1.10 bits per heavy atom. The highest BCUT2D eigenvalue weighted by Gasteiger charge is 2.20. The Labute approximate surface area is 420 Å². The van der Waals surface area contributed by atoms with Gasteiger partial charge >= 0.3 is 0 Å². The molecular formula is C72H48. The van der Waals surface area contributed by atoms with Crippen molar-refractivity contribution in [1.82, 2.24) is 0 Å². The van der Waals surface area contributed by atoms with Gasteiger partial charge in [0.15, 0.2) is 0 Å². The second-order valence-electron chi connectivity index (χ2n) is 18.9. The summed E-state index contributed by atoms with van der Waals surface area (Å²) in [5, 5.41) is 12.4. The predicted molar refractivity (Wildman–Crippen MR) is 312 cm³/mol. The maximum absolute atomic E-state index is 2.35. The number of hydrogen-bond donors (Lipinski definition) is 0. The second-order valence-corrected chi connectivity index (χ2v) is 18.9. The number of benzene rings is 13. The lowest BCUT2D eigenvalue weighted by Gasteiger charge is -2.21. The Kier molecular flexibility index (Phi) is 11.0. The molecule has 13 rings (SSSR count). The van der Waals surface area contributed by atoms with Gasteiger partial charge in [0.25, 0.3) is 0 Å². The van der Waals surface area contributed by atoms with E-state index in [0.29, 0.717) is 0 Å². The van der Waals surface area contributed by atoms with Gasteiger partial charge in [-0.3, -0.25) is 0 Å². The number of hydrogen-bond acceptors (Lipinski definition) is 0. The van der Waals surface area contributed by atoms with Crippen LogP contribution >= 0.6 is 0 Å². The van der Waals surface area contributed by atoms with Gasteiger partial charge in [0.1, 0.15) is 0 Å². The topological polar surface area (TPSA) is 0 Å². The van der Waals surface area contributed by atoms with Crippen LogP contribution in [-0.4, -0.2) is 0 Å². The average molecular weight is 913 g/mol. The van der Waals surface area contributed by atoms with Gasteiger partial charge in [0.05, 0.1) is 0 Å². The van der Waals surface area contributed by atoms with Gasteiger partial charge in [-0.25, -0.2) is 0 Å². The van der Waals surface area contributed by atoms with Crippen molar-refractivity contribution in [2.75, 3.05) is 0 Å². The Bertz CT molecular complexity index is 4240. The van der Waals surface area contributed by atoms with Crippen molar-refractivity contribution < 1.29 is 0 Å². The number of fused-ring (bicyclic) bond motifs is 5. The molecule has 0 aromatic heterocycles. The minimum absolute atomic E-state index is 1.17. The molecule has 0 saturated heterocycles. The van der Waals surface area contributed by atoms with Crippen molar-refractivity contribution in [3.05, 3.63) is 289 Å². The molecule has 0 unspecified atom stereocenters. The van der Waals surface area contributed by atoms with Crippen LogP contribution in [-0.2, 0) is 0 Å². The lowest BCUT2D eigenvalue weighted by atomic mass is 9.82. The summed E-state index contributed by atoms with van der Waals surface area (Å²) < 4.78 is 0. The third kappa shape index (κ3) is 8.26. The molecule has 0 heterocycles. The number of rotatable bonds is 9. The van der Waals surface area contributed by atoms with Crippen LogP contribution in [0, 0.1) is 0 Å². The Morgan fingerprint density at radius 1 is 0.194 bits per heavy atom. The van der Waals surface area contributed by atoms with E-state index in [9.17, 15) is 0 Å². The molecule has 0 aliphatic rings. The summed E-state index contributed by atoms with van der Waals surface area (Å²) in [5.41, 5.74) is 16.8. The van der Waals surface area contributed by atoms with Crippen LogP contribution in [0.2, 0.25) is 0 Å². The summed E-state index contributed by atoms with van der Waals surface area (Å²) in [7, 11) is 0. The van der Waals surface area contributed by atoms with Gasteiger partial charge in [-0.1, -0.05) is 261 Å². The maximum atomic E-state index is 2.35. The minimum atomic E-state index is 1.17. The van der Waals surface area contributed by atoms with Crippen LogP contribution in [0.4, 0.5) is 0 Å². The molecule has 72 heavy (non-hydrogen) atoms. The van der Waals surface area contributed by atoms with Crippen molar-refractivity contribution in [2.45, 2.75) is 0 Å². The molecule has 0 aliphatic carbocycles. The highest BCUT2D eigenvalue weighted by molar-refractivity contribution is 6.25. The van der Waals surface area contributed by atoms with Gasteiger partial charge in [-0.2, -0.15) is 0 Å². The van der Waals surface area contributed by atoms with E-state index < -0.39 is 0 Å².